The lowest BCUT2D eigenvalue weighted by Crippen LogP contribution is -2.40. The second-order valence-corrected chi connectivity index (χ2v) is 3.09. The van der Waals surface area contributed by atoms with Gasteiger partial charge in [0, 0.05) is 13.1 Å². The van der Waals surface area contributed by atoms with Crippen LogP contribution in [0.2, 0.25) is 0 Å². The van der Waals surface area contributed by atoms with Crippen molar-refractivity contribution in [1.29, 1.82) is 0 Å². The molecule has 4 heteroatoms. The van der Waals surface area contributed by atoms with E-state index in [9.17, 15) is 0 Å². The van der Waals surface area contributed by atoms with E-state index in [1.54, 1.807) is 7.05 Å². The Kier molecular flexibility index (Phi) is 6.51. The first-order valence-corrected chi connectivity index (χ1v) is 4.31. The van der Waals surface area contributed by atoms with Gasteiger partial charge in [0.15, 0.2) is 5.96 Å². The summed E-state index contributed by atoms with van der Waals surface area (Å²) < 4.78 is 0. The van der Waals surface area contributed by atoms with Crippen LogP contribution >= 0.6 is 24.0 Å². The van der Waals surface area contributed by atoms with Crippen LogP contribution in [0.15, 0.2) is 4.99 Å². The molecule has 12 heavy (non-hydrogen) atoms. The molecule has 1 fully saturated rings. The summed E-state index contributed by atoms with van der Waals surface area (Å²) in [5.74, 6) is 0.580. The van der Waals surface area contributed by atoms with Gasteiger partial charge in [-0.25, -0.2) is 0 Å². The Balaban J connectivity index is 0.00000121. The van der Waals surface area contributed by atoms with Crippen LogP contribution < -0.4 is 11.1 Å². The minimum atomic E-state index is 0. The summed E-state index contributed by atoms with van der Waals surface area (Å²) in [5.41, 5.74) is 5.54. The Bertz CT molecular complexity index is 141. The second kappa shape index (κ2) is 6.51. The molecule has 0 spiro atoms. The minimum Gasteiger partial charge on any atom is -0.370 e. The highest BCUT2D eigenvalue weighted by Crippen LogP contribution is 2.16. The maximum absolute atomic E-state index is 5.54. The van der Waals surface area contributed by atoms with Crippen LogP contribution in [-0.4, -0.2) is 19.0 Å². The largest absolute Gasteiger partial charge is 0.370 e. The summed E-state index contributed by atoms with van der Waals surface area (Å²) in [6.45, 7) is 0. The van der Waals surface area contributed by atoms with E-state index in [0.29, 0.717) is 12.0 Å². The number of halogens is 1. The van der Waals surface area contributed by atoms with Gasteiger partial charge in [-0.05, 0) is 12.8 Å². The number of nitrogens with one attached hydrogen (secondary N) is 1. The third kappa shape index (κ3) is 4.13. The van der Waals surface area contributed by atoms with E-state index in [4.69, 9.17) is 5.73 Å². The molecule has 3 nitrogen and oxygen atoms in total. The number of nitrogens with zero attached hydrogens (tertiary/aromatic N) is 1. The maximum Gasteiger partial charge on any atom is 0.188 e. The Hall–Kier alpha value is 0. The van der Waals surface area contributed by atoms with Crippen LogP contribution in [0.4, 0.5) is 0 Å². The van der Waals surface area contributed by atoms with Crippen LogP contribution in [0.5, 0.6) is 0 Å². The molecule has 1 aliphatic carbocycles. The lowest BCUT2D eigenvalue weighted by molar-refractivity contribution is 0.412. The van der Waals surface area contributed by atoms with Gasteiger partial charge in [0.05, 0.1) is 0 Å². The fourth-order valence-electron chi connectivity index (χ4n) is 1.52. The minimum absolute atomic E-state index is 0. The van der Waals surface area contributed by atoms with Crippen molar-refractivity contribution in [1.82, 2.24) is 5.32 Å². The molecule has 0 aromatic carbocycles. The summed E-state index contributed by atoms with van der Waals surface area (Å²) in [7, 11) is 1.71. The fourth-order valence-corrected chi connectivity index (χ4v) is 1.52. The number of rotatable bonds is 1. The molecule has 0 aromatic rings. The van der Waals surface area contributed by atoms with Gasteiger partial charge in [-0.15, -0.1) is 24.0 Å². The maximum atomic E-state index is 5.54. The zero-order valence-corrected chi connectivity index (χ0v) is 9.88. The Morgan fingerprint density at radius 3 is 2.42 bits per heavy atom. The monoisotopic (exact) mass is 283 g/mol. The van der Waals surface area contributed by atoms with Gasteiger partial charge in [0.2, 0.25) is 0 Å². The highest BCUT2D eigenvalue weighted by Gasteiger charge is 2.12. The molecule has 72 valence electrons. The van der Waals surface area contributed by atoms with Gasteiger partial charge in [-0.1, -0.05) is 19.3 Å². The third-order valence-corrected chi connectivity index (χ3v) is 2.20. The first-order valence-electron chi connectivity index (χ1n) is 4.31. The van der Waals surface area contributed by atoms with Gasteiger partial charge >= 0.3 is 0 Å². The number of nitrogens with two attached hydrogens (primary N) is 1. The number of hydrogen-bond acceptors (Lipinski definition) is 1. The smallest absolute Gasteiger partial charge is 0.188 e. The molecule has 1 saturated carbocycles. The first kappa shape index (κ1) is 12.0. The SMILES string of the molecule is CN=C(N)NC1CCCCC1.I. The summed E-state index contributed by atoms with van der Waals surface area (Å²) in [6.07, 6.45) is 6.52. The first-order chi connectivity index (χ1) is 5.33. The zero-order valence-electron chi connectivity index (χ0n) is 7.55. The highest BCUT2D eigenvalue weighted by molar-refractivity contribution is 14.0. The van der Waals surface area contributed by atoms with Crippen LogP contribution in [0, 0.1) is 0 Å². The van der Waals surface area contributed by atoms with Crippen molar-refractivity contribution in [3.05, 3.63) is 0 Å². The average Bonchev–Trinajstić information content (AvgIpc) is 2.06. The fraction of sp³-hybridized carbons (Fsp3) is 0.875. The molecule has 3 N–H and O–H groups in total. The van der Waals surface area contributed by atoms with E-state index in [1.165, 1.54) is 32.1 Å². The van der Waals surface area contributed by atoms with E-state index < -0.39 is 0 Å². The van der Waals surface area contributed by atoms with Gasteiger partial charge in [-0.3, -0.25) is 4.99 Å². The highest BCUT2D eigenvalue weighted by atomic mass is 127. The Labute approximate surface area is 91.2 Å². The summed E-state index contributed by atoms with van der Waals surface area (Å²) >= 11 is 0. The molecule has 0 saturated heterocycles. The Morgan fingerprint density at radius 2 is 1.92 bits per heavy atom. The van der Waals surface area contributed by atoms with Crippen molar-refractivity contribution in [2.75, 3.05) is 7.05 Å². The quantitative estimate of drug-likeness (QED) is 0.435. The molecule has 0 aromatic heterocycles. The summed E-state index contributed by atoms with van der Waals surface area (Å²) in [4.78, 5) is 3.87. The summed E-state index contributed by atoms with van der Waals surface area (Å²) in [5, 5.41) is 3.20. The van der Waals surface area contributed by atoms with Crippen LogP contribution in [0.1, 0.15) is 32.1 Å². The van der Waals surface area contributed by atoms with Crippen LogP contribution in [0.3, 0.4) is 0 Å². The zero-order chi connectivity index (χ0) is 8.10. The molecular formula is C8H18IN3. The normalized spacial score (nSPS) is 19.9. The van der Waals surface area contributed by atoms with E-state index in [0.717, 1.165) is 0 Å². The van der Waals surface area contributed by atoms with E-state index >= 15 is 0 Å². The van der Waals surface area contributed by atoms with Crippen molar-refractivity contribution in [3.63, 3.8) is 0 Å². The van der Waals surface area contributed by atoms with Crippen molar-refractivity contribution < 1.29 is 0 Å². The van der Waals surface area contributed by atoms with E-state index in [1.807, 2.05) is 0 Å². The molecule has 0 aliphatic heterocycles. The molecule has 0 amide bonds. The topological polar surface area (TPSA) is 50.4 Å². The summed E-state index contributed by atoms with van der Waals surface area (Å²) in [6, 6.07) is 0.576. The molecule has 1 rings (SSSR count). The molecular weight excluding hydrogens is 265 g/mol. The standard InChI is InChI=1S/C8H17N3.HI/c1-10-8(9)11-7-5-3-2-4-6-7;/h7H,2-6H2,1H3,(H3,9,10,11);1H. The predicted molar refractivity (Wildman–Crippen MR) is 63.0 cm³/mol. The van der Waals surface area contributed by atoms with Crippen LogP contribution in [0.25, 0.3) is 0 Å². The van der Waals surface area contributed by atoms with E-state index in [2.05, 4.69) is 10.3 Å². The van der Waals surface area contributed by atoms with Gasteiger partial charge in [0.25, 0.3) is 0 Å². The molecule has 0 bridgehead atoms. The van der Waals surface area contributed by atoms with Gasteiger partial charge in [0.1, 0.15) is 0 Å². The molecule has 1 aliphatic rings. The molecule has 0 heterocycles. The predicted octanol–water partition coefficient (Wildman–Crippen LogP) is 1.47. The third-order valence-electron chi connectivity index (χ3n) is 2.20. The van der Waals surface area contributed by atoms with Gasteiger partial charge < -0.3 is 11.1 Å². The second-order valence-electron chi connectivity index (χ2n) is 3.09. The van der Waals surface area contributed by atoms with Crippen molar-refractivity contribution in [2.24, 2.45) is 10.7 Å². The van der Waals surface area contributed by atoms with E-state index in [-0.39, 0.29) is 24.0 Å². The lowest BCUT2D eigenvalue weighted by atomic mass is 9.96. The molecule has 0 atom stereocenters. The van der Waals surface area contributed by atoms with Crippen molar-refractivity contribution >= 4 is 29.9 Å². The molecule has 0 unspecified atom stereocenters. The lowest BCUT2D eigenvalue weighted by Gasteiger charge is -2.22. The number of hydrogen-bond donors (Lipinski definition) is 2. The van der Waals surface area contributed by atoms with Gasteiger partial charge in [-0.2, -0.15) is 0 Å². The molecule has 0 radical (unpaired) electrons. The number of aliphatic imine (C=N–C) groups is 1. The number of guanidine groups is 1. The van der Waals surface area contributed by atoms with Crippen LogP contribution in [-0.2, 0) is 0 Å². The average molecular weight is 283 g/mol. The van der Waals surface area contributed by atoms with Crippen molar-refractivity contribution in [2.45, 2.75) is 38.1 Å². The van der Waals surface area contributed by atoms with Crippen molar-refractivity contribution in [3.8, 4) is 0 Å². The Morgan fingerprint density at radius 1 is 1.33 bits per heavy atom.